The zero-order valence-corrected chi connectivity index (χ0v) is 18.6. The number of likely N-dealkylation sites (N-methyl/N-ethyl adjacent to an activating group) is 1. The molecule has 0 aliphatic rings. The van der Waals surface area contributed by atoms with Gasteiger partial charge in [0.15, 0.2) is 5.96 Å². The molecule has 0 saturated carbocycles. The van der Waals surface area contributed by atoms with E-state index in [9.17, 15) is 4.79 Å². The molecule has 0 saturated heterocycles. The third-order valence-electron chi connectivity index (χ3n) is 3.27. The number of halogens is 1. The van der Waals surface area contributed by atoms with Crippen molar-refractivity contribution in [3.05, 3.63) is 29.3 Å². The Bertz CT molecular complexity index is 597. The minimum Gasteiger partial charge on any atom is -0.497 e. The average Bonchev–Trinajstić information content (AvgIpc) is 2.45. The molecule has 142 valence electrons. The number of rotatable bonds is 5. The fourth-order valence-corrected chi connectivity index (χ4v) is 2.36. The van der Waals surface area contributed by atoms with Crippen LogP contribution >= 0.6 is 24.0 Å². The minimum atomic E-state index is -0.243. The van der Waals surface area contributed by atoms with Gasteiger partial charge in [0.1, 0.15) is 5.75 Å². The van der Waals surface area contributed by atoms with Crippen molar-refractivity contribution < 1.29 is 9.53 Å². The van der Waals surface area contributed by atoms with Gasteiger partial charge in [0.25, 0.3) is 0 Å². The second-order valence-electron chi connectivity index (χ2n) is 6.91. The molecule has 0 bridgehead atoms. The number of nitrogens with one attached hydrogen (secondary N) is 2. The normalized spacial score (nSPS) is 11.4. The van der Waals surface area contributed by atoms with Crippen LogP contribution in [0.4, 0.5) is 0 Å². The van der Waals surface area contributed by atoms with Crippen molar-refractivity contribution in [1.82, 2.24) is 15.5 Å². The molecule has 1 amide bonds. The molecule has 7 heteroatoms. The van der Waals surface area contributed by atoms with E-state index in [1.165, 1.54) is 0 Å². The first kappa shape index (κ1) is 23.5. The van der Waals surface area contributed by atoms with Gasteiger partial charge < -0.3 is 20.3 Å². The lowest BCUT2D eigenvalue weighted by Gasteiger charge is -2.25. The van der Waals surface area contributed by atoms with Gasteiger partial charge in [-0.2, -0.15) is 0 Å². The van der Waals surface area contributed by atoms with Crippen molar-refractivity contribution in [2.75, 3.05) is 27.7 Å². The molecule has 1 rings (SSSR count). The maximum Gasteiger partial charge on any atom is 0.240 e. The van der Waals surface area contributed by atoms with Gasteiger partial charge in [-0.15, -0.1) is 24.0 Å². The number of methoxy groups -OCH3 is 1. The van der Waals surface area contributed by atoms with E-state index < -0.39 is 0 Å². The predicted molar refractivity (Wildman–Crippen MR) is 114 cm³/mol. The van der Waals surface area contributed by atoms with Crippen molar-refractivity contribution in [2.24, 2.45) is 4.99 Å². The third kappa shape index (κ3) is 8.94. The summed E-state index contributed by atoms with van der Waals surface area (Å²) in [5.41, 5.74) is 1.99. The molecule has 6 nitrogen and oxygen atoms in total. The second kappa shape index (κ2) is 10.5. The molecule has 0 fully saturated rings. The number of hydrogen-bond acceptors (Lipinski definition) is 3. The van der Waals surface area contributed by atoms with Gasteiger partial charge in [0, 0.05) is 26.2 Å². The smallest absolute Gasteiger partial charge is 0.240 e. The second-order valence-corrected chi connectivity index (χ2v) is 6.91. The summed E-state index contributed by atoms with van der Waals surface area (Å²) in [5, 5.41) is 6.22. The summed E-state index contributed by atoms with van der Waals surface area (Å²) < 4.78 is 5.29. The average molecular weight is 462 g/mol. The molecule has 0 unspecified atom stereocenters. The Morgan fingerprint density at radius 1 is 1.28 bits per heavy atom. The molecule has 1 aromatic rings. The summed E-state index contributed by atoms with van der Waals surface area (Å²) in [5.74, 6) is 1.46. The quantitative estimate of drug-likeness (QED) is 0.401. The monoisotopic (exact) mass is 462 g/mol. The molecular weight excluding hydrogens is 431 g/mol. The predicted octanol–water partition coefficient (Wildman–Crippen LogP) is 2.54. The van der Waals surface area contributed by atoms with E-state index in [0.717, 1.165) is 16.9 Å². The number of benzene rings is 1. The fraction of sp³-hybridized carbons (Fsp3) is 0.556. The number of amides is 1. The summed E-state index contributed by atoms with van der Waals surface area (Å²) in [7, 11) is 5.21. The number of aryl methyl sites for hydroxylation is 1. The first-order valence-corrected chi connectivity index (χ1v) is 8.02. The van der Waals surface area contributed by atoms with Gasteiger partial charge in [0.2, 0.25) is 5.91 Å². The third-order valence-corrected chi connectivity index (χ3v) is 3.27. The van der Waals surface area contributed by atoms with Crippen LogP contribution in [0.3, 0.4) is 0 Å². The lowest BCUT2D eigenvalue weighted by atomic mass is 10.1. The molecule has 1 aromatic carbocycles. The van der Waals surface area contributed by atoms with Crippen LogP contribution in [-0.4, -0.2) is 50.1 Å². The molecule has 0 aliphatic heterocycles. The highest BCUT2D eigenvalue weighted by Gasteiger charge is 2.16. The topological polar surface area (TPSA) is 66.0 Å². The van der Waals surface area contributed by atoms with E-state index in [1.807, 2.05) is 46.9 Å². The first-order chi connectivity index (χ1) is 11.1. The van der Waals surface area contributed by atoms with E-state index in [-0.39, 0.29) is 42.0 Å². The Kier molecular flexibility index (Phi) is 9.84. The van der Waals surface area contributed by atoms with Crippen LogP contribution in [0, 0.1) is 6.92 Å². The van der Waals surface area contributed by atoms with Crippen molar-refractivity contribution in [3.8, 4) is 5.75 Å². The molecule has 0 atom stereocenters. The van der Waals surface area contributed by atoms with E-state index in [0.29, 0.717) is 12.5 Å². The Morgan fingerprint density at radius 3 is 2.44 bits per heavy atom. The number of carbonyl (C=O) groups excluding carboxylic acids is 1. The number of hydrogen-bond donors (Lipinski definition) is 2. The zero-order chi connectivity index (χ0) is 18.3. The number of ether oxygens (including phenoxy) is 1. The summed E-state index contributed by atoms with van der Waals surface area (Å²) in [6, 6.07) is 6.07. The SMILES string of the molecule is CN=C(NCc1cc(C)cc(OC)c1)N(C)CC(=O)NC(C)(C)C.I. The summed E-state index contributed by atoms with van der Waals surface area (Å²) in [4.78, 5) is 18.1. The minimum absolute atomic E-state index is 0. The maximum absolute atomic E-state index is 12.0. The highest BCUT2D eigenvalue weighted by molar-refractivity contribution is 14.0. The number of aliphatic imine (C=N–C) groups is 1. The van der Waals surface area contributed by atoms with Gasteiger partial charge >= 0.3 is 0 Å². The summed E-state index contributed by atoms with van der Waals surface area (Å²) >= 11 is 0. The Labute approximate surface area is 168 Å². The fourth-order valence-electron chi connectivity index (χ4n) is 2.36. The number of nitrogens with zero attached hydrogens (tertiary/aromatic N) is 2. The van der Waals surface area contributed by atoms with E-state index in [4.69, 9.17) is 4.74 Å². The standard InChI is InChI=1S/C18H30N4O2.HI/c1-13-8-14(10-15(9-13)24-7)11-20-17(19-5)22(6)12-16(23)21-18(2,3)4;/h8-10H,11-12H2,1-7H3,(H,19,20)(H,21,23);1H. The van der Waals surface area contributed by atoms with Crippen LogP contribution in [0.1, 0.15) is 31.9 Å². The van der Waals surface area contributed by atoms with E-state index in [1.54, 1.807) is 19.1 Å². The summed E-state index contributed by atoms with van der Waals surface area (Å²) in [6.07, 6.45) is 0. The molecule has 0 spiro atoms. The van der Waals surface area contributed by atoms with Crippen LogP contribution < -0.4 is 15.4 Å². The van der Waals surface area contributed by atoms with Crippen LogP contribution in [0.25, 0.3) is 0 Å². The van der Waals surface area contributed by atoms with Gasteiger partial charge in [-0.1, -0.05) is 6.07 Å². The van der Waals surface area contributed by atoms with Crippen LogP contribution in [0.2, 0.25) is 0 Å². The molecule has 25 heavy (non-hydrogen) atoms. The highest BCUT2D eigenvalue weighted by atomic mass is 127. The lowest BCUT2D eigenvalue weighted by molar-refractivity contribution is -0.122. The zero-order valence-electron chi connectivity index (χ0n) is 16.3. The van der Waals surface area contributed by atoms with Crippen LogP contribution in [0.5, 0.6) is 5.75 Å². The highest BCUT2D eigenvalue weighted by Crippen LogP contribution is 2.16. The first-order valence-electron chi connectivity index (χ1n) is 8.02. The van der Waals surface area contributed by atoms with Crippen molar-refractivity contribution in [2.45, 2.75) is 39.8 Å². The van der Waals surface area contributed by atoms with Crippen LogP contribution in [0.15, 0.2) is 23.2 Å². The molecule has 2 N–H and O–H groups in total. The molecule has 0 aliphatic carbocycles. The molecule has 0 aromatic heterocycles. The largest absolute Gasteiger partial charge is 0.497 e. The van der Waals surface area contributed by atoms with E-state index >= 15 is 0 Å². The van der Waals surface area contributed by atoms with Crippen molar-refractivity contribution >= 4 is 35.8 Å². The van der Waals surface area contributed by atoms with Gasteiger partial charge in [0.05, 0.1) is 13.7 Å². The van der Waals surface area contributed by atoms with Crippen molar-refractivity contribution in [1.29, 1.82) is 0 Å². The Balaban J connectivity index is 0.00000576. The van der Waals surface area contributed by atoms with E-state index in [2.05, 4.69) is 21.7 Å². The molecular formula is C18H31IN4O2. The van der Waals surface area contributed by atoms with Crippen molar-refractivity contribution in [3.63, 3.8) is 0 Å². The van der Waals surface area contributed by atoms with Gasteiger partial charge in [-0.25, -0.2) is 0 Å². The van der Waals surface area contributed by atoms with Gasteiger partial charge in [-0.3, -0.25) is 9.79 Å². The maximum atomic E-state index is 12.0. The molecule has 0 heterocycles. The van der Waals surface area contributed by atoms with Gasteiger partial charge in [-0.05, 0) is 51.0 Å². The summed E-state index contributed by atoms with van der Waals surface area (Å²) in [6.45, 7) is 8.77. The lowest BCUT2D eigenvalue weighted by Crippen LogP contribution is -2.48. The Morgan fingerprint density at radius 2 is 1.92 bits per heavy atom. The number of guanidine groups is 1. The molecule has 0 radical (unpaired) electrons. The van der Waals surface area contributed by atoms with Crippen LogP contribution in [-0.2, 0) is 11.3 Å². The Hall–Kier alpha value is -1.51. The number of carbonyl (C=O) groups is 1.